The fourth-order valence-electron chi connectivity index (χ4n) is 3.08. The fourth-order valence-corrected chi connectivity index (χ4v) is 3.08. The van der Waals surface area contributed by atoms with Crippen LogP contribution in [0.4, 0.5) is 4.79 Å². The van der Waals surface area contributed by atoms with Crippen LogP contribution in [0.3, 0.4) is 0 Å². The normalized spacial score (nSPS) is 12.5. The number of carbonyl (C=O) groups excluding carboxylic acids is 3. The molecule has 2 rings (SSSR count). The second-order valence-corrected chi connectivity index (χ2v) is 7.84. The van der Waals surface area contributed by atoms with Gasteiger partial charge in [0.05, 0.1) is 7.11 Å². The third-order valence-electron chi connectivity index (χ3n) is 4.71. The monoisotopic (exact) mass is 442 g/mol. The molecule has 0 radical (unpaired) electrons. The molecule has 2 unspecified atom stereocenters. The first-order valence-corrected chi connectivity index (χ1v) is 10.4. The summed E-state index contributed by atoms with van der Waals surface area (Å²) in [6.07, 6.45) is -0.225. The van der Waals surface area contributed by atoms with E-state index in [4.69, 9.17) is 9.47 Å². The Labute approximate surface area is 187 Å². The van der Waals surface area contributed by atoms with E-state index in [0.717, 1.165) is 5.56 Å². The van der Waals surface area contributed by atoms with Crippen molar-refractivity contribution in [2.45, 2.75) is 45.4 Å². The summed E-state index contributed by atoms with van der Waals surface area (Å²) in [5.74, 6) is -0.862. The Morgan fingerprint density at radius 2 is 1.56 bits per heavy atom. The molecule has 0 saturated carbocycles. The maximum absolute atomic E-state index is 13.0. The van der Waals surface area contributed by atoms with Gasteiger partial charge in [-0.3, -0.25) is 4.79 Å². The van der Waals surface area contributed by atoms with E-state index in [0.29, 0.717) is 12.0 Å². The molecular formula is C24H30N2O6. The quantitative estimate of drug-likeness (QED) is 0.488. The van der Waals surface area contributed by atoms with Crippen LogP contribution in [-0.4, -0.2) is 42.3 Å². The van der Waals surface area contributed by atoms with Crippen molar-refractivity contribution in [3.05, 3.63) is 65.7 Å². The van der Waals surface area contributed by atoms with E-state index in [2.05, 4.69) is 10.6 Å². The topological polar surface area (TPSA) is 114 Å². The molecule has 0 fully saturated rings. The van der Waals surface area contributed by atoms with Crippen LogP contribution in [0.15, 0.2) is 54.6 Å². The summed E-state index contributed by atoms with van der Waals surface area (Å²) >= 11 is 0. The summed E-state index contributed by atoms with van der Waals surface area (Å²) in [5.41, 5.74) is 1.52. The molecule has 0 heterocycles. The second-order valence-electron chi connectivity index (χ2n) is 7.84. The predicted molar refractivity (Wildman–Crippen MR) is 119 cm³/mol. The number of rotatable bonds is 10. The van der Waals surface area contributed by atoms with E-state index < -0.39 is 30.1 Å². The summed E-state index contributed by atoms with van der Waals surface area (Å²) in [6, 6.07) is 13.6. The number of benzene rings is 2. The summed E-state index contributed by atoms with van der Waals surface area (Å²) < 4.78 is 10.0. The Morgan fingerprint density at radius 1 is 0.906 bits per heavy atom. The zero-order valence-corrected chi connectivity index (χ0v) is 18.5. The Balaban J connectivity index is 2.10. The van der Waals surface area contributed by atoms with Crippen molar-refractivity contribution >= 4 is 18.0 Å². The van der Waals surface area contributed by atoms with E-state index in [9.17, 15) is 19.5 Å². The Hall–Kier alpha value is -3.55. The number of hydrogen-bond donors (Lipinski definition) is 3. The average molecular weight is 443 g/mol. The number of ether oxygens (including phenoxy) is 2. The third kappa shape index (κ3) is 8.29. The number of methoxy groups -OCH3 is 1. The smallest absolute Gasteiger partial charge is 0.408 e. The molecular weight excluding hydrogens is 412 g/mol. The van der Waals surface area contributed by atoms with Gasteiger partial charge in [0.15, 0.2) is 0 Å². The van der Waals surface area contributed by atoms with Crippen LogP contribution in [-0.2, 0) is 32.1 Å². The summed E-state index contributed by atoms with van der Waals surface area (Å²) in [6.45, 7) is 3.91. The number of hydrogen-bond acceptors (Lipinski definition) is 6. The molecule has 8 nitrogen and oxygen atoms in total. The van der Waals surface area contributed by atoms with Gasteiger partial charge in [0.1, 0.15) is 24.4 Å². The van der Waals surface area contributed by atoms with Gasteiger partial charge >= 0.3 is 12.1 Å². The minimum atomic E-state index is -0.998. The molecule has 0 aliphatic heterocycles. The highest BCUT2D eigenvalue weighted by molar-refractivity contribution is 5.89. The van der Waals surface area contributed by atoms with Crippen molar-refractivity contribution in [1.82, 2.24) is 10.6 Å². The molecule has 2 aromatic carbocycles. The molecule has 2 aromatic rings. The minimum absolute atomic E-state index is 0.0539. The molecule has 0 saturated heterocycles. The number of amides is 2. The number of nitrogens with one attached hydrogen (secondary N) is 2. The van der Waals surface area contributed by atoms with Crippen molar-refractivity contribution in [2.75, 3.05) is 7.11 Å². The molecule has 0 bridgehead atoms. The lowest BCUT2D eigenvalue weighted by molar-refractivity contribution is -0.145. The fraction of sp³-hybridized carbons (Fsp3) is 0.375. The van der Waals surface area contributed by atoms with Crippen LogP contribution in [0, 0.1) is 5.92 Å². The maximum Gasteiger partial charge on any atom is 0.408 e. The number of phenolic OH excluding ortho intramolecular Hbond substituents is 1. The molecule has 0 aliphatic carbocycles. The van der Waals surface area contributed by atoms with Gasteiger partial charge in [0.25, 0.3) is 0 Å². The first-order chi connectivity index (χ1) is 15.3. The lowest BCUT2D eigenvalue weighted by Crippen LogP contribution is -2.53. The molecule has 0 spiro atoms. The van der Waals surface area contributed by atoms with Gasteiger partial charge in [-0.15, -0.1) is 0 Å². The summed E-state index contributed by atoms with van der Waals surface area (Å²) in [5, 5.41) is 14.7. The van der Waals surface area contributed by atoms with E-state index in [-0.39, 0.29) is 24.7 Å². The molecule has 2 atom stereocenters. The Morgan fingerprint density at radius 3 is 2.16 bits per heavy atom. The van der Waals surface area contributed by atoms with Crippen molar-refractivity contribution in [2.24, 2.45) is 5.92 Å². The van der Waals surface area contributed by atoms with Crippen LogP contribution < -0.4 is 10.6 Å². The number of phenols is 1. The second kappa shape index (κ2) is 12.3. The number of aromatic hydroxyl groups is 1. The number of carbonyl (C=O) groups is 3. The van der Waals surface area contributed by atoms with Gasteiger partial charge in [-0.1, -0.05) is 56.3 Å². The SMILES string of the molecule is COC(=O)C(CC(C)C)NC(=O)C(Cc1ccc(O)cc1)NC(=O)OCc1ccccc1. The lowest BCUT2D eigenvalue weighted by Gasteiger charge is -2.23. The van der Waals surface area contributed by atoms with Gasteiger partial charge in [0.2, 0.25) is 5.91 Å². The average Bonchev–Trinajstić information content (AvgIpc) is 2.78. The molecule has 8 heteroatoms. The highest BCUT2D eigenvalue weighted by atomic mass is 16.5. The van der Waals surface area contributed by atoms with Gasteiger partial charge in [-0.05, 0) is 35.6 Å². The largest absolute Gasteiger partial charge is 0.508 e. The lowest BCUT2D eigenvalue weighted by atomic mass is 10.0. The summed E-state index contributed by atoms with van der Waals surface area (Å²) in [4.78, 5) is 37.5. The standard InChI is InChI=1S/C24H30N2O6/c1-16(2)13-21(23(29)31-3)25-22(28)20(14-17-9-11-19(27)12-10-17)26-24(30)32-15-18-7-5-4-6-8-18/h4-12,16,20-21,27H,13-15H2,1-3H3,(H,25,28)(H,26,30). The zero-order valence-electron chi connectivity index (χ0n) is 18.5. The van der Waals surface area contributed by atoms with Crippen LogP contribution in [0.2, 0.25) is 0 Å². The first kappa shape index (κ1) is 24.7. The van der Waals surface area contributed by atoms with Gasteiger partial charge in [-0.25, -0.2) is 9.59 Å². The van der Waals surface area contributed by atoms with E-state index >= 15 is 0 Å². The third-order valence-corrected chi connectivity index (χ3v) is 4.71. The van der Waals surface area contributed by atoms with Gasteiger partial charge in [-0.2, -0.15) is 0 Å². The molecule has 172 valence electrons. The highest BCUT2D eigenvalue weighted by Gasteiger charge is 2.28. The predicted octanol–water partition coefficient (Wildman–Crippen LogP) is 2.93. The maximum atomic E-state index is 13.0. The van der Waals surface area contributed by atoms with Gasteiger partial charge < -0.3 is 25.2 Å². The zero-order chi connectivity index (χ0) is 23.5. The van der Waals surface area contributed by atoms with E-state index in [1.165, 1.54) is 19.2 Å². The number of esters is 1. The molecule has 0 aromatic heterocycles. The van der Waals surface area contributed by atoms with Gasteiger partial charge in [0, 0.05) is 6.42 Å². The van der Waals surface area contributed by atoms with Crippen molar-refractivity contribution in [3.63, 3.8) is 0 Å². The molecule has 0 aliphatic rings. The molecule has 3 N–H and O–H groups in total. The van der Waals surface area contributed by atoms with E-state index in [1.807, 2.05) is 44.2 Å². The van der Waals surface area contributed by atoms with Crippen molar-refractivity contribution < 1.29 is 29.0 Å². The molecule has 2 amide bonds. The van der Waals surface area contributed by atoms with Crippen LogP contribution in [0.25, 0.3) is 0 Å². The van der Waals surface area contributed by atoms with Crippen LogP contribution in [0.5, 0.6) is 5.75 Å². The molecule has 32 heavy (non-hydrogen) atoms. The first-order valence-electron chi connectivity index (χ1n) is 10.4. The van der Waals surface area contributed by atoms with Crippen LogP contribution in [0.1, 0.15) is 31.4 Å². The van der Waals surface area contributed by atoms with E-state index in [1.54, 1.807) is 12.1 Å². The summed E-state index contributed by atoms with van der Waals surface area (Å²) in [7, 11) is 1.26. The Kier molecular flexibility index (Phi) is 9.53. The van der Waals surface area contributed by atoms with Crippen molar-refractivity contribution in [1.29, 1.82) is 0 Å². The highest BCUT2D eigenvalue weighted by Crippen LogP contribution is 2.13. The number of alkyl carbamates (subject to hydrolysis) is 1. The minimum Gasteiger partial charge on any atom is -0.508 e. The Bertz CT molecular complexity index is 883. The van der Waals surface area contributed by atoms with Crippen LogP contribution >= 0.6 is 0 Å². The van der Waals surface area contributed by atoms with Crippen molar-refractivity contribution in [3.8, 4) is 5.75 Å².